The van der Waals surface area contributed by atoms with Crippen molar-refractivity contribution >= 4 is 17.6 Å². The van der Waals surface area contributed by atoms with E-state index in [1.165, 1.54) is 6.07 Å². The maximum Gasteiger partial charge on any atom is 0.307 e. The van der Waals surface area contributed by atoms with E-state index in [9.17, 15) is 9.18 Å². The molecule has 15 heavy (non-hydrogen) atoms. The van der Waals surface area contributed by atoms with Crippen LogP contribution in [0.2, 0.25) is 5.02 Å². The van der Waals surface area contributed by atoms with E-state index >= 15 is 0 Å². The molecule has 1 rings (SSSR count). The second kappa shape index (κ2) is 4.98. The Morgan fingerprint density at radius 1 is 1.60 bits per heavy atom. The van der Waals surface area contributed by atoms with E-state index in [1.54, 1.807) is 6.92 Å². The summed E-state index contributed by atoms with van der Waals surface area (Å²) in [6.45, 7) is 2.01. The van der Waals surface area contributed by atoms with E-state index in [4.69, 9.17) is 21.4 Å². The van der Waals surface area contributed by atoms with Crippen molar-refractivity contribution < 1.29 is 19.0 Å². The lowest BCUT2D eigenvalue weighted by atomic mass is 10.1. The predicted octanol–water partition coefficient (Wildman–Crippen LogP) is 2.50. The number of ether oxygens (including phenoxy) is 1. The van der Waals surface area contributed by atoms with Crippen LogP contribution in [0.3, 0.4) is 0 Å². The Morgan fingerprint density at radius 2 is 2.27 bits per heavy atom. The molecule has 0 aliphatic rings. The predicted molar refractivity (Wildman–Crippen MR) is 53.9 cm³/mol. The molecule has 0 radical (unpaired) electrons. The Kier molecular flexibility index (Phi) is 3.91. The molecule has 0 fully saturated rings. The van der Waals surface area contributed by atoms with Gasteiger partial charge in [-0.3, -0.25) is 4.79 Å². The molecule has 1 aromatic carbocycles. The van der Waals surface area contributed by atoms with Crippen LogP contribution in [0.5, 0.6) is 5.75 Å². The van der Waals surface area contributed by atoms with Crippen molar-refractivity contribution in [1.82, 2.24) is 0 Å². The molecule has 0 amide bonds. The van der Waals surface area contributed by atoms with Gasteiger partial charge in [0.2, 0.25) is 0 Å². The maximum atomic E-state index is 13.3. The summed E-state index contributed by atoms with van der Waals surface area (Å²) in [5.74, 6) is -1.71. The van der Waals surface area contributed by atoms with Crippen molar-refractivity contribution in [3.8, 4) is 5.75 Å². The molecule has 0 spiro atoms. The van der Waals surface area contributed by atoms with E-state index in [0.717, 1.165) is 6.07 Å². The number of aliphatic carboxylic acids is 1. The molecule has 0 saturated carbocycles. The maximum absolute atomic E-state index is 13.3. The molecule has 3 nitrogen and oxygen atoms in total. The molecule has 0 heterocycles. The van der Waals surface area contributed by atoms with Crippen molar-refractivity contribution in [2.45, 2.75) is 13.3 Å². The van der Waals surface area contributed by atoms with Crippen molar-refractivity contribution in [2.24, 2.45) is 0 Å². The van der Waals surface area contributed by atoms with Crippen LogP contribution in [-0.2, 0) is 11.2 Å². The third-order valence-electron chi connectivity index (χ3n) is 1.70. The summed E-state index contributed by atoms with van der Waals surface area (Å²) in [7, 11) is 0. The Morgan fingerprint density at radius 3 is 2.73 bits per heavy atom. The van der Waals surface area contributed by atoms with E-state index in [1.807, 2.05) is 0 Å². The van der Waals surface area contributed by atoms with Gasteiger partial charge in [-0.15, -0.1) is 0 Å². The van der Waals surface area contributed by atoms with Crippen LogP contribution < -0.4 is 4.74 Å². The lowest BCUT2D eigenvalue weighted by Crippen LogP contribution is -2.02. The smallest absolute Gasteiger partial charge is 0.307 e. The van der Waals surface area contributed by atoms with Crippen LogP contribution in [0.25, 0.3) is 0 Å². The zero-order valence-corrected chi connectivity index (χ0v) is 8.84. The average molecular weight is 233 g/mol. The van der Waals surface area contributed by atoms with Gasteiger partial charge in [0, 0.05) is 0 Å². The third-order valence-corrected chi connectivity index (χ3v) is 1.98. The number of rotatable bonds is 4. The zero-order chi connectivity index (χ0) is 11.4. The number of benzene rings is 1. The van der Waals surface area contributed by atoms with Crippen molar-refractivity contribution in [1.29, 1.82) is 0 Å². The second-order valence-electron chi connectivity index (χ2n) is 2.89. The standard InChI is InChI=1S/C10H10ClFO3/c1-2-15-10-7(11)3-6(4-8(10)12)5-9(13)14/h3-4H,2,5H2,1H3,(H,13,14). The normalized spacial score (nSPS) is 10.1. The molecule has 1 aromatic rings. The van der Waals surface area contributed by atoms with Gasteiger partial charge in [-0.1, -0.05) is 11.6 Å². The molecule has 0 aromatic heterocycles. The fourth-order valence-corrected chi connectivity index (χ4v) is 1.46. The van der Waals surface area contributed by atoms with Gasteiger partial charge in [0.1, 0.15) is 0 Å². The summed E-state index contributed by atoms with van der Waals surface area (Å²) in [5, 5.41) is 8.62. The van der Waals surface area contributed by atoms with Gasteiger partial charge in [-0.25, -0.2) is 4.39 Å². The fraction of sp³-hybridized carbons (Fsp3) is 0.300. The van der Waals surface area contributed by atoms with Gasteiger partial charge in [0.25, 0.3) is 0 Å². The van der Waals surface area contributed by atoms with Crippen LogP contribution in [0.4, 0.5) is 4.39 Å². The Hall–Kier alpha value is -1.29. The fourth-order valence-electron chi connectivity index (χ4n) is 1.17. The third kappa shape index (κ3) is 3.09. The van der Waals surface area contributed by atoms with E-state index in [-0.39, 0.29) is 17.2 Å². The molecule has 5 heteroatoms. The van der Waals surface area contributed by atoms with Gasteiger partial charge >= 0.3 is 5.97 Å². The average Bonchev–Trinajstić information content (AvgIpc) is 2.10. The van der Waals surface area contributed by atoms with Crippen LogP contribution >= 0.6 is 11.6 Å². The molecule has 0 bridgehead atoms. The van der Waals surface area contributed by atoms with Crippen LogP contribution in [-0.4, -0.2) is 17.7 Å². The van der Waals surface area contributed by atoms with Crippen molar-refractivity contribution in [3.63, 3.8) is 0 Å². The zero-order valence-electron chi connectivity index (χ0n) is 8.09. The number of carboxylic acids is 1. The van der Waals surface area contributed by atoms with E-state index in [0.29, 0.717) is 12.2 Å². The molecule has 0 aliphatic carbocycles. The molecular weight excluding hydrogens is 223 g/mol. The van der Waals surface area contributed by atoms with Gasteiger partial charge < -0.3 is 9.84 Å². The SMILES string of the molecule is CCOc1c(F)cc(CC(=O)O)cc1Cl. The first kappa shape index (κ1) is 11.8. The van der Waals surface area contributed by atoms with Gasteiger partial charge in [0.15, 0.2) is 11.6 Å². The second-order valence-corrected chi connectivity index (χ2v) is 3.30. The number of hydrogen-bond acceptors (Lipinski definition) is 2. The molecule has 82 valence electrons. The van der Waals surface area contributed by atoms with Gasteiger partial charge in [-0.05, 0) is 24.6 Å². The summed E-state index contributed by atoms with van der Waals surface area (Å²) in [4.78, 5) is 10.4. The van der Waals surface area contributed by atoms with Crippen molar-refractivity contribution in [3.05, 3.63) is 28.5 Å². The first-order valence-electron chi connectivity index (χ1n) is 4.37. The Labute approximate surface area is 91.4 Å². The quantitative estimate of drug-likeness (QED) is 0.868. The summed E-state index contributed by atoms with van der Waals surface area (Å²) >= 11 is 5.74. The van der Waals surface area contributed by atoms with E-state index < -0.39 is 11.8 Å². The summed E-state index contributed by atoms with van der Waals surface area (Å²) in [5.41, 5.74) is 0.313. The number of carbonyl (C=O) groups is 1. The number of halogens is 2. The minimum Gasteiger partial charge on any atom is -0.489 e. The topological polar surface area (TPSA) is 46.5 Å². The molecule has 1 N–H and O–H groups in total. The molecule has 0 atom stereocenters. The highest BCUT2D eigenvalue weighted by Crippen LogP contribution is 2.29. The summed E-state index contributed by atoms with van der Waals surface area (Å²) in [6, 6.07) is 2.51. The van der Waals surface area contributed by atoms with Gasteiger partial charge in [0.05, 0.1) is 18.1 Å². The molecule has 0 unspecified atom stereocenters. The van der Waals surface area contributed by atoms with Crippen molar-refractivity contribution in [2.75, 3.05) is 6.61 Å². The number of carboxylic acid groups (broad SMARTS) is 1. The molecule has 0 aliphatic heterocycles. The number of hydrogen-bond donors (Lipinski definition) is 1. The minimum absolute atomic E-state index is 0.0340. The van der Waals surface area contributed by atoms with Crippen LogP contribution in [0, 0.1) is 5.82 Å². The highest BCUT2D eigenvalue weighted by atomic mass is 35.5. The monoisotopic (exact) mass is 232 g/mol. The lowest BCUT2D eigenvalue weighted by molar-refractivity contribution is -0.136. The lowest BCUT2D eigenvalue weighted by Gasteiger charge is -2.08. The largest absolute Gasteiger partial charge is 0.489 e. The summed E-state index contributed by atoms with van der Waals surface area (Å²) < 4.78 is 18.3. The first-order valence-corrected chi connectivity index (χ1v) is 4.75. The van der Waals surface area contributed by atoms with Gasteiger partial charge in [-0.2, -0.15) is 0 Å². The van der Waals surface area contributed by atoms with E-state index in [2.05, 4.69) is 0 Å². The highest BCUT2D eigenvalue weighted by molar-refractivity contribution is 6.32. The summed E-state index contributed by atoms with van der Waals surface area (Å²) in [6.07, 6.45) is -0.261. The molecular formula is C10H10ClFO3. The molecule has 0 saturated heterocycles. The van der Waals surface area contributed by atoms with Crippen LogP contribution in [0.15, 0.2) is 12.1 Å². The van der Waals surface area contributed by atoms with Crippen LogP contribution in [0.1, 0.15) is 12.5 Å². The highest BCUT2D eigenvalue weighted by Gasteiger charge is 2.12. The Balaban J connectivity index is 3.02. The Bertz CT molecular complexity index is 356. The minimum atomic E-state index is -1.03. The first-order chi connectivity index (χ1) is 7.04.